The zero-order chi connectivity index (χ0) is 20.5. The van der Waals surface area contributed by atoms with Crippen molar-refractivity contribution < 1.29 is 13.2 Å². The van der Waals surface area contributed by atoms with Crippen LogP contribution >= 0.6 is 0 Å². The number of rotatable bonds is 2. The summed E-state index contributed by atoms with van der Waals surface area (Å²) >= 11 is 0. The van der Waals surface area contributed by atoms with E-state index >= 15 is 0 Å². The number of halogens is 3. The lowest BCUT2D eigenvalue weighted by Crippen LogP contribution is -2.31. The van der Waals surface area contributed by atoms with Gasteiger partial charge >= 0.3 is 6.18 Å². The molecule has 4 nitrogen and oxygen atoms in total. The van der Waals surface area contributed by atoms with Crippen LogP contribution in [-0.4, -0.2) is 10.4 Å². The van der Waals surface area contributed by atoms with Crippen molar-refractivity contribution in [2.24, 2.45) is 10.5 Å². The molecule has 1 aromatic carbocycles. The van der Waals surface area contributed by atoms with Gasteiger partial charge in [-0.05, 0) is 25.3 Å². The van der Waals surface area contributed by atoms with Crippen LogP contribution in [0.5, 0.6) is 0 Å². The fraction of sp³-hybridized carbons (Fsp3) is 0.381. The Bertz CT molecular complexity index is 1010. The molecule has 146 valence electrons. The summed E-state index contributed by atoms with van der Waals surface area (Å²) in [6.07, 6.45) is -1.31. The van der Waals surface area contributed by atoms with E-state index in [2.05, 4.69) is 9.95 Å². The predicted octanol–water partition coefficient (Wildman–Crippen LogP) is 5.89. The molecule has 0 saturated heterocycles. The Hall–Kier alpha value is -2.88. The van der Waals surface area contributed by atoms with E-state index in [0.29, 0.717) is 12.0 Å². The molecule has 28 heavy (non-hydrogen) atoms. The number of alkyl halides is 3. The van der Waals surface area contributed by atoms with Crippen LogP contribution in [0.15, 0.2) is 46.3 Å². The monoisotopic (exact) mass is 387 g/mol. The molecule has 0 radical (unpaired) electrons. The lowest BCUT2D eigenvalue weighted by Gasteiger charge is -2.31. The maximum atomic E-state index is 13.5. The molecule has 0 aliphatic heterocycles. The van der Waals surface area contributed by atoms with Gasteiger partial charge in [-0.3, -0.25) is 4.79 Å². The Labute approximate surface area is 161 Å². The van der Waals surface area contributed by atoms with Crippen LogP contribution in [0.3, 0.4) is 0 Å². The van der Waals surface area contributed by atoms with Crippen LogP contribution < -0.4 is 5.56 Å². The smallest absolute Gasteiger partial charge is 0.281 e. The topological polar surface area (TPSA) is 38.7 Å². The van der Waals surface area contributed by atoms with Gasteiger partial charge in [0.05, 0.1) is 17.8 Å². The van der Waals surface area contributed by atoms with E-state index < -0.39 is 23.0 Å². The normalized spacial score (nSPS) is 18.1. The van der Waals surface area contributed by atoms with Gasteiger partial charge in [-0.25, -0.2) is 9.52 Å². The summed E-state index contributed by atoms with van der Waals surface area (Å²) in [5.41, 5.74) is -2.27. The fourth-order valence-electron chi connectivity index (χ4n) is 3.48. The van der Waals surface area contributed by atoms with E-state index in [1.807, 2.05) is 13.8 Å². The lowest BCUT2D eigenvalue weighted by atomic mass is 9.76. The van der Waals surface area contributed by atoms with Gasteiger partial charge in [0.15, 0.2) is 0 Å². The van der Waals surface area contributed by atoms with E-state index in [1.165, 1.54) is 0 Å². The van der Waals surface area contributed by atoms with Crippen molar-refractivity contribution in [3.63, 3.8) is 0 Å². The number of pyridine rings is 1. The number of aromatic nitrogens is 1. The maximum absolute atomic E-state index is 13.5. The molecule has 1 heterocycles. The molecule has 0 unspecified atom stereocenters. The molecule has 0 N–H and O–H groups in total. The minimum Gasteiger partial charge on any atom is -0.281 e. The van der Waals surface area contributed by atoms with E-state index in [-0.39, 0.29) is 11.1 Å². The maximum Gasteiger partial charge on any atom is 0.407 e. The second kappa shape index (κ2) is 7.27. The van der Waals surface area contributed by atoms with Crippen molar-refractivity contribution in [1.29, 1.82) is 0 Å². The molecule has 1 aliphatic rings. The predicted molar refractivity (Wildman–Crippen MR) is 102 cm³/mol. The van der Waals surface area contributed by atoms with Gasteiger partial charge < -0.3 is 0 Å². The van der Waals surface area contributed by atoms with Crippen molar-refractivity contribution in [3.05, 3.63) is 63.7 Å². The standard InChI is InChI=1S/C21H20F3N3O/c1-20(2)12-8-7-11-17(20)26-27-16(14-9-5-4-6-10-14)13-15(21(22,23)24)18(25-3)19(27)28/h4-6,9-10,13H,7-8,11-12H2,1-2H3/b26-17+. The summed E-state index contributed by atoms with van der Waals surface area (Å²) in [7, 11) is 0. The molecule has 2 aromatic rings. The first-order valence-corrected chi connectivity index (χ1v) is 9.03. The van der Waals surface area contributed by atoms with Crippen molar-refractivity contribution in [2.45, 2.75) is 45.7 Å². The Kier molecular flexibility index (Phi) is 5.16. The van der Waals surface area contributed by atoms with Gasteiger partial charge in [-0.15, -0.1) is 0 Å². The first-order valence-electron chi connectivity index (χ1n) is 9.03. The number of benzene rings is 1. The minimum absolute atomic E-state index is 0.0270. The Morgan fingerprint density at radius 1 is 1.18 bits per heavy atom. The number of hydrogen-bond donors (Lipinski definition) is 0. The Morgan fingerprint density at radius 2 is 1.86 bits per heavy atom. The highest BCUT2D eigenvalue weighted by molar-refractivity contribution is 5.90. The molecule has 0 spiro atoms. The average Bonchev–Trinajstić information content (AvgIpc) is 2.64. The summed E-state index contributed by atoms with van der Waals surface area (Å²) in [4.78, 5) is 15.8. The van der Waals surface area contributed by atoms with E-state index in [4.69, 9.17) is 6.57 Å². The van der Waals surface area contributed by atoms with Crippen LogP contribution in [0, 0.1) is 12.0 Å². The third-order valence-electron chi connectivity index (χ3n) is 5.11. The van der Waals surface area contributed by atoms with Crippen molar-refractivity contribution >= 4 is 11.4 Å². The molecule has 0 bridgehead atoms. The minimum atomic E-state index is -4.81. The summed E-state index contributed by atoms with van der Waals surface area (Å²) in [6, 6.07) is 9.18. The fourth-order valence-corrected chi connectivity index (χ4v) is 3.48. The van der Waals surface area contributed by atoms with Gasteiger partial charge in [0.1, 0.15) is 0 Å². The molecular formula is C21H20F3N3O. The Balaban J connectivity index is 2.35. The van der Waals surface area contributed by atoms with Gasteiger partial charge in [-0.2, -0.15) is 18.3 Å². The first-order chi connectivity index (χ1) is 13.1. The largest absolute Gasteiger partial charge is 0.407 e. The summed E-state index contributed by atoms with van der Waals surface area (Å²) in [6.45, 7) is 11.2. The van der Waals surface area contributed by atoms with Crippen LogP contribution in [0.2, 0.25) is 0 Å². The van der Waals surface area contributed by atoms with Crippen LogP contribution in [0.25, 0.3) is 16.1 Å². The zero-order valence-corrected chi connectivity index (χ0v) is 15.7. The number of nitrogens with zero attached hydrogens (tertiary/aromatic N) is 3. The van der Waals surface area contributed by atoms with Gasteiger partial charge in [0, 0.05) is 16.7 Å². The molecule has 1 fully saturated rings. The highest BCUT2D eigenvalue weighted by Crippen LogP contribution is 2.38. The third kappa shape index (κ3) is 3.72. The summed E-state index contributed by atoms with van der Waals surface area (Å²) in [5.74, 6) is 0. The van der Waals surface area contributed by atoms with Crippen LogP contribution in [-0.2, 0) is 6.18 Å². The second-order valence-corrected chi connectivity index (χ2v) is 7.52. The third-order valence-corrected chi connectivity index (χ3v) is 5.11. The van der Waals surface area contributed by atoms with Crippen molar-refractivity contribution in [2.75, 3.05) is 0 Å². The van der Waals surface area contributed by atoms with Gasteiger partial charge in [-0.1, -0.05) is 50.6 Å². The molecular weight excluding hydrogens is 367 g/mol. The first kappa shape index (κ1) is 19.9. The quantitative estimate of drug-likeness (QED) is 0.592. The van der Waals surface area contributed by atoms with Crippen LogP contribution in [0.4, 0.5) is 18.9 Å². The second-order valence-electron chi connectivity index (χ2n) is 7.52. The van der Waals surface area contributed by atoms with E-state index in [1.54, 1.807) is 30.3 Å². The molecule has 0 amide bonds. The highest BCUT2D eigenvalue weighted by Gasteiger charge is 2.37. The SMILES string of the molecule is [C-]#[N+]c1c(C(F)(F)F)cc(-c2ccccc2)n(/N=C2\CCCCC2(C)C)c1=O. The van der Waals surface area contributed by atoms with E-state index in [0.717, 1.165) is 35.7 Å². The molecule has 1 aliphatic carbocycles. The van der Waals surface area contributed by atoms with Crippen molar-refractivity contribution in [3.8, 4) is 11.3 Å². The van der Waals surface area contributed by atoms with Crippen LogP contribution in [0.1, 0.15) is 45.1 Å². The van der Waals surface area contributed by atoms with Gasteiger partial charge in [0.2, 0.25) is 0 Å². The van der Waals surface area contributed by atoms with E-state index in [9.17, 15) is 18.0 Å². The molecule has 1 saturated carbocycles. The average molecular weight is 387 g/mol. The highest BCUT2D eigenvalue weighted by atomic mass is 19.4. The molecule has 7 heteroatoms. The molecule has 0 atom stereocenters. The summed E-state index contributed by atoms with van der Waals surface area (Å²) < 4.78 is 41.5. The van der Waals surface area contributed by atoms with Crippen molar-refractivity contribution in [1.82, 2.24) is 4.68 Å². The molecule has 3 rings (SSSR count). The number of hydrogen-bond acceptors (Lipinski definition) is 2. The zero-order valence-electron chi connectivity index (χ0n) is 15.7. The van der Waals surface area contributed by atoms with Gasteiger partial charge in [0.25, 0.3) is 11.2 Å². The Morgan fingerprint density at radius 3 is 2.43 bits per heavy atom. The lowest BCUT2D eigenvalue weighted by molar-refractivity contribution is -0.136. The molecule has 1 aromatic heterocycles. The summed E-state index contributed by atoms with van der Waals surface area (Å²) in [5, 5.41) is 4.49.